The SMILES string of the molecule is CC/C(=N\NC(=O)c1nnn(-c2nonc2N)c1CSc1ccccc1)c1ccc(O)cc1. The Balaban J connectivity index is 1.61. The first kappa shape index (κ1) is 22.0. The van der Waals surface area contributed by atoms with Crippen molar-refractivity contribution in [2.75, 3.05) is 5.73 Å². The van der Waals surface area contributed by atoms with Crippen LogP contribution in [0.5, 0.6) is 5.75 Å². The summed E-state index contributed by atoms with van der Waals surface area (Å²) in [6.45, 7) is 1.91. The van der Waals surface area contributed by atoms with Crippen LogP contribution < -0.4 is 11.2 Å². The van der Waals surface area contributed by atoms with Crippen LogP contribution in [0.1, 0.15) is 35.1 Å². The quantitative estimate of drug-likeness (QED) is 0.202. The molecule has 2 aromatic heterocycles. The average molecular weight is 465 g/mol. The molecule has 4 rings (SSSR count). The van der Waals surface area contributed by atoms with Crippen molar-refractivity contribution in [3.63, 3.8) is 0 Å². The number of nitrogen functional groups attached to an aromatic ring is 1. The number of rotatable bonds is 8. The molecule has 0 aliphatic rings. The highest BCUT2D eigenvalue weighted by Gasteiger charge is 2.24. The molecule has 2 heterocycles. The fraction of sp³-hybridized carbons (Fsp3) is 0.143. The summed E-state index contributed by atoms with van der Waals surface area (Å²) < 4.78 is 6.01. The largest absolute Gasteiger partial charge is 0.508 e. The van der Waals surface area contributed by atoms with Gasteiger partial charge in [-0.15, -0.1) is 16.9 Å². The van der Waals surface area contributed by atoms with Crippen LogP contribution in [0.25, 0.3) is 5.82 Å². The molecule has 2 aromatic carbocycles. The number of nitrogens with zero attached hydrogens (tertiary/aromatic N) is 6. The van der Waals surface area contributed by atoms with E-state index in [2.05, 4.69) is 35.8 Å². The predicted molar refractivity (Wildman–Crippen MR) is 122 cm³/mol. The summed E-state index contributed by atoms with van der Waals surface area (Å²) in [5, 5.41) is 29.2. The molecule has 0 atom stereocenters. The summed E-state index contributed by atoms with van der Waals surface area (Å²) in [6, 6.07) is 16.3. The number of anilines is 1. The third kappa shape index (κ3) is 5.01. The molecule has 1 amide bonds. The Morgan fingerprint density at radius 3 is 2.61 bits per heavy atom. The summed E-state index contributed by atoms with van der Waals surface area (Å²) in [5.74, 6) is 0.138. The lowest BCUT2D eigenvalue weighted by Crippen LogP contribution is -2.22. The van der Waals surface area contributed by atoms with Crippen molar-refractivity contribution in [2.24, 2.45) is 5.10 Å². The fourth-order valence-electron chi connectivity index (χ4n) is 2.96. The second-order valence-corrected chi connectivity index (χ2v) is 7.82. The van der Waals surface area contributed by atoms with Gasteiger partial charge in [-0.3, -0.25) is 4.79 Å². The van der Waals surface area contributed by atoms with Gasteiger partial charge in [-0.05, 0) is 58.7 Å². The van der Waals surface area contributed by atoms with Gasteiger partial charge in [-0.25, -0.2) is 10.1 Å². The molecule has 4 N–H and O–H groups in total. The van der Waals surface area contributed by atoms with Gasteiger partial charge in [-0.2, -0.15) is 9.78 Å². The lowest BCUT2D eigenvalue weighted by molar-refractivity contribution is 0.0949. The molecule has 0 saturated carbocycles. The number of amides is 1. The van der Waals surface area contributed by atoms with Crippen LogP contribution in [-0.4, -0.2) is 42.0 Å². The lowest BCUT2D eigenvalue weighted by atomic mass is 10.1. The minimum Gasteiger partial charge on any atom is -0.508 e. The minimum atomic E-state index is -0.537. The van der Waals surface area contributed by atoms with E-state index in [1.807, 2.05) is 37.3 Å². The highest BCUT2D eigenvalue weighted by molar-refractivity contribution is 7.98. The third-order valence-electron chi connectivity index (χ3n) is 4.62. The van der Waals surface area contributed by atoms with Crippen LogP contribution in [-0.2, 0) is 5.75 Å². The van der Waals surface area contributed by atoms with E-state index in [0.29, 0.717) is 23.6 Å². The highest BCUT2D eigenvalue weighted by atomic mass is 32.2. The predicted octanol–water partition coefficient (Wildman–Crippen LogP) is 2.77. The number of benzene rings is 2. The maximum atomic E-state index is 13.0. The van der Waals surface area contributed by atoms with E-state index in [1.165, 1.54) is 16.4 Å². The number of hydrogen-bond donors (Lipinski definition) is 3. The smallest absolute Gasteiger partial charge is 0.293 e. The second kappa shape index (κ2) is 9.96. The topological polar surface area (TPSA) is 157 Å². The van der Waals surface area contributed by atoms with Gasteiger partial charge in [0.05, 0.1) is 11.4 Å². The zero-order valence-corrected chi connectivity index (χ0v) is 18.4. The van der Waals surface area contributed by atoms with Crippen molar-refractivity contribution in [2.45, 2.75) is 24.0 Å². The number of phenols is 1. The molecule has 0 radical (unpaired) electrons. The van der Waals surface area contributed by atoms with Gasteiger partial charge in [0.15, 0.2) is 5.69 Å². The van der Waals surface area contributed by atoms with Crippen molar-refractivity contribution >= 4 is 29.2 Å². The molecule has 0 bridgehead atoms. The molecule has 33 heavy (non-hydrogen) atoms. The van der Waals surface area contributed by atoms with E-state index in [-0.39, 0.29) is 23.1 Å². The number of aromatic nitrogens is 5. The fourth-order valence-corrected chi connectivity index (χ4v) is 3.87. The minimum absolute atomic E-state index is 0.0245. The Kier molecular flexibility index (Phi) is 6.64. The molecule has 168 valence electrons. The number of aromatic hydroxyl groups is 1. The van der Waals surface area contributed by atoms with Crippen LogP contribution in [0.3, 0.4) is 0 Å². The van der Waals surface area contributed by atoms with E-state index in [4.69, 9.17) is 5.73 Å². The number of hydrazone groups is 1. The molecule has 0 saturated heterocycles. The van der Waals surface area contributed by atoms with Crippen molar-refractivity contribution in [1.29, 1.82) is 0 Å². The van der Waals surface area contributed by atoms with E-state index in [1.54, 1.807) is 24.3 Å². The van der Waals surface area contributed by atoms with Crippen LogP contribution in [0, 0.1) is 0 Å². The van der Waals surface area contributed by atoms with Crippen molar-refractivity contribution in [3.8, 4) is 11.6 Å². The lowest BCUT2D eigenvalue weighted by Gasteiger charge is -2.07. The summed E-state index contributed by atoms with van der Waals surface area (Å²) >= 11 is 1.49. The number of thioether (sulfide) groups is 1. The van der Waals surface area contributed by atoms with Gasteiger partial charge in [0.25, 0.3) is 5.91 Å². The third-order valence-corrected chi connectivity index (χ3v) is 5.64. The molecule has 4 aromatic rings. The second-order valence-electron chi connectivity index (χ2n) is 6.77. The monoisotopic (exact) mass is 464 g/mol. The van der Waals surface area contributed by atoms with Gasteiger partial charge in [0.1, 0.15) is 5.75 Å². The van der Waals surface area contributed by atoms with E-state index in [9.17, 15) is 9.90 Å². The number of carbonyl (C=O) groups is 1. The van der Waals surface area contributed by atoms with Crippen LogP contribution in [0.4, 0.5) is 5.82 Å². The van der Waals surface area contributed by atoms with E-state index < -0.39 is 5.91 Å². The Bertz CT molecular complexity index is 1270. The first-order valence-electron chi connectivity index (χ1n) is 9.94. The summed E-state index contributed by atoms with van der Waals surface area (Å²) in [5.41, 5.74) is 10.3. The Labute approximate surface area is 192 Å². The summed E-state index contributed by atoms with van der Waals surface area (Å²) in [7, 11) is 0. The number of nitrogens with one attached hydrogen (secondary N) is 1. The molecule has 0 spiro atoms. The summed E-state index contributed by atoms with van der Waals surface area (Å²) in [6.07, 6.45) is 0.565. The maximum Gasteiger partial charge on any atom is 0.293 e. The Hall–Kier alpha value is -4.19. The molecule has 0 fully saturated rings. The van der Waals surface area contributed by atoms with Gasteiger partial charge in [0.2, 0.25) is 11.6 Å². The zero-order valence-electron chi connectivity index (χ0n) is 17.5. The number of phenolic OH excluding ortho intramolecular Hbond substituents is 1. The van der Waals surface area contributed by atoms with Crippen LogP contribution >= 0.6 is 11.8 Å². The van der Waals surface area contributed by atoms with Gasteiger partial charge >= 0.3 is 0 Å². The van der Waals surface area contributed by atoms with Gasteiger partial charge in [0, 0.05) is 10.6 Å². The Morgan fingerprint density at radius 2 is 1.94 bits per heavy atom. The van der Waals surface area contributed by atoms with Crippen molar-refractivity contribution < 1.29 is 14.5 Å². The normalized spacial score (nSPS) is 11.5. The highest BCUT2D eigenvalue weighted by Crippen LogP contribution is 2.26. The van der Waals surface area contributed by atoms with Gasteiger partial charge in [-0.1, -0.05) is 30.3 Å². The molecule has 12 heteroatoms. The number of carbonyl (C=O) groups excluding carboxylic acids is 1. The molecule has 0 unspecified atom stereocenters. The molecular formula is C21H20N8O3S. The summed E-state index contributed by atoms with van der Waals surface area (Å²) in [4.78, 5) is 14.0. The average Bonchev–Trinajstić information content (AvgIpc) is 3.45. The molecule has 11 nitrogen and oxygen atoms in total. The first-order chi connectivity index (χ1) is 16.1. The van der Waals surface area contributed by atoms with E-state index >= 15 is 0 Å². The zero-order chi connectivity index (χ0) is 23.2. The molecule has 0 aliphatic carbocycles. The standard InChI is InChI=1S/C21H20N8O3S/c1-2-16(13-8-10-14(30)11-9-13)23-25-21(31)18-17(12-33-15-6-4-3-5-7-15)29(28-24-18)20-19(22)26-32-27-20/h3-11,30H,2,12H2,1H3,(H2,22,26)(H,25,31)/b23-16+. The number of nitrogens with two attached hydrogens (primary N) is 1. The number of hydrogen-bond acceptors (Lipinski definition) is 10. The molecule has 0 aliphatic heterocycles. The first-order valence-corrected chi connectivity index (χ1v) is 10.9. The van der Waals surface area contributed by atoms with Crippen LogP contribution in [0.15, 0.2) is 69.2 Å². The molecular weight excluding hydrogens is 444 g/mol. The van der Waals surface area contributed by atoms with Crippen LogP contribution in [0.2, 0.25) is 0 Å². The van der Waals surface area contributed by atoms with Crippen molar-refractivity contribution in [1.82, 2.24) is 30.7 Å². The van der Waals surface area contributed by atoms with E-state index in [0.717, 1.165) is 10.5 Å². The van der Waals surface area contributed by atoms with Crippen molar-refractivity contribution in [3.05, 3.63) is 71.5 Å². The maximum absolute atomic E-state index is 13.0. The van der Waals surface area contributed by atoms with Gasteiger partial charge < -0.3 is 10.8 Å². The Morgan fingerprint density at radius 1 is 1.18 bits per heavy atom.